The van der Waals surface area contributed by atoms with Crippen LogP contribution in [0.5, 0.6) is 0 Å². The summed E-state index contributed by atoms with van der Waals surface area (Å²) < 4.78 is 0. The van der Waals surface area contributed by atoms with E-state index in [1.54, 1.807) is 11.8 Å². The first-order valence-electron chi connectivity index (χ1n) is 7.70. The van der Waals surface area contributed by atoms with Gasteiger partial charge in [-0.25, -0.2) is 0 Å². The minimum atomic E-state index is 0.630. The predicted octanol–water partition coefficient (Wildman–Crippen LogP) is 3.02. The second-order valence-corrected chi connectivity index (χ2v) is 5.10. The van der Waals surface area contributed by atoms with Gasteiger partial charge in [0.2, 0.25) is 5.95 Å². The molecule has 1 aromatic rings. The van der Waals surface area contributed by atoms with Gasteiger partial charge >= 0.3 is 0 Å². The van der Waals surface area contributed by atoms with Crippen molar-refractivity contribution in [1.29, 1.82) is 0 Å². The van der Waals surface area contributed by atoms with E-state index in [0.717, 1.165) is 31.9 Å². The molecule has 2 rings (SSSR count). The fourth-order valence-corrected chi connectivity index (χ4v) is 2.54. The first-order valence-corrected chi connectivity index (χ1v) is 7.70. The van der Waals surface area contributed by atoms with E-state index in [-0.39, 0.29) is 0 Å². The molecular formula is C15H25N5. The molecule has 0 amide bonds. The molecule has 1 aromatic heterocycles. The minimum absolute atomic E-state index is 0.630. The normalized spacial score (nSPS) is 14.8. The molecule has 1 aliphatic rings. The van der Waals surface area contributed by atoms with Crippen molar-refractivity contribution in [2.45, 2.75) is 46.0 Å². The van der Waals surface area contributed by atoms with Gasteiger partial charge in [-0.3, -0.25) is 0 Å². The molecule has 1 N–H and O–H groups in total. The molecule has 0 saturated heterocycles. The summed E-state index contributed by atoms with van der Waals surface area (Å²) in [5.74, 6) is 1.52. The predicted molar refractivity (Wildman–Crippen MR) is 83.0 cm³/mol. The Bertz CT molecular complexity index is 440. The molecule has 0 bridgehead atoms. The van der Waals surface area contributed by atoms with Crippen molar-refractivity contribution in [3.05, 3.63) is 17.8 Å². The Morgan fingerprint density at radius 3 is 2.80 bits per heavy atom. The number of nitrogens with zero attached hydrogens (tertiary/aromatic N) is 4. The number of rotatable bonds is 7. The first kappa shape index (κ1) is 14.8. The third kappa shape index (κ3) is 4.18. The van der Waals surface area contributed by atoms with Gasteiger partial charge in [-0.15, -0.1) is 5.10 Å². The molecule has 5 nitrogen and oxygen atoms in total. The lowest BCUT2D eigenvalue weighted by molar-refractivity contribution is 0.678. The maximum atomic E-state index is 4.52. The fraction of sp³-hybridized carbons (Fsp3) is 0.667. The van der Waals surface area contributed by atoms with Crippen molar-refractivity contribution < 1.29 is 0 Å². The van der Waals surface area contributed by atoms with Gasteiger partial charge in [0.25, 0.3) is 0 Å². The summed E-state index contributed by atoms with van der Waals surface area (Å²) in [6.07, 6.45) is 10.4. The Kier molecular flexibility index (Phi) is 5.77. The van der Waals surface area contributed by atoms with Crippen LogP contribution in [0.1, 0.15) is 46.0 Å². The molecule has 0 fully saturated rings. The number of aromatic nitrogens is 3. The number of hydrogen-bond acceptors (Lipinski definition) is 5. The van der Waals surface area contributed by atoms with E-state index in [4.69, 9.17) is 0 Å². The first-order chi connectivity index (χ1) is 9.83. The lowest BCUT2D eigenvalue weighted by Gasteiger charge is -2.19. The summed E-state index contributed by atoms with van der Waals surface area (Å²) in [4.78, 5) is 6.69. The molecule has 0 aliphatic heterocycles. The molecular weight excluding hydrogens is 250 g/mol. The summed E-state index contributed by atoms with van der Waals surface area (Å²) >= 11 is 0. The zero-order chi connectivity index (χ0) is 14.2. The van der Waals surface area contributed by atoms with Gasteiger partial charge < -0.3 is 10.2 Å². The summed E-state index contributed by atoms with van der Waals surface area (Å²) in [5.41, 5.74) is 1.57. The lowest BCUT2D eigenvalue weighted by Crippen LogP contribution is -2.23. The molecule has 0 saturated carbocycles. The van der Waals surface area contributed by atoms with Gasteiger partial charge in [0, 0.05) is 19.6 Å². The van der Waals surface area contributed by atoms with Crippen molar-refractivity contribution in [3.63, 3.8) is 0 Å². The largest absolute Gasteiger partial charge is 0.356 e. The third-order valence-corrected chi connectivity index (χ3v) is 3.75. The average Bonchev–Trinajstić information content (AvgIpc) is 2.50. The van der Waals surface area contributed by atoms with Gasteiger partial charge in [-0.2, -0.15) is 10.1 Å². The van der Waals surface area contributed by atoms with Gasteiger partial charge in [-0.05, 0) is 46.0 Å². The SMILES string of the molecule is CCN(CC)c1cnnc(NCCC2=CCCCC2)n1. The van der Waals surface area contributed by atoms with E-state index in [1.165, 1.54) is 25.7 Å². The van der Waals surface area contributed by atoms with Crippen LogP contribution in [0.15, 0.2) is 17.8 Å². The number of hydrogen-bond donors (Lipinski definition) is 1. The Labute approximate surface area is 121 Å². The Morgan fingerprint density at radius 2 is 2.10 bits per heavy atom. The average molecular weight is 275 g/mol. The molecule has 110 valence electrons. The smallest absolute Gasteiger partial charge is 0.244 e. The van der Waals surface area contributed by atoms with E-state index in [9.17, 15) is 0 Å². The van der Waals surface area contributed by atoms with E-state index < -0.39 is 0 Å². The van der Waals surface area contributed by atoms with Gasteiger partial charge in [0.1, 0.15) is 0 Å². The molecule has 5 heteroatoms. The van der Waals surface area contributed by atoms with Crippen molar-refractivity contribution in [1.82, 2.24) is 15.2 Å². The Hall–Kier alpha value is -1.65. The molecule has 0 aromatic carbocycles. The molecule has 20 heavy (non-hydrogen) atoms. The number of anilines is 2. The van der Waals surface area contributed by atoms with Crippen molar-refractivity contribution in [2.24, 2.45) is 0 Å². The fourth-order valence-electron chi connectivity index (χ4n) is 2.54. The number of nitrogens with one attached hydrogen (secondary N) is 1. The number of allylic oxidation sites excluding steroid dienone is 1. The van der Waals surface area contributed by atoms with Crippen LogP contribution < -0.4 is 10.2 Å². The molecule has 0 atom stereocenters. The van der Waals surface area contributed by atoms with Crippen LogP contribution in [0.4, 0.5) is 11.8 Å². The summed E-state index contributed by atoms with van der Waals surface area (Å²) in [7, 11) is 0. The van der Waals surface area contributed by atoms with Crippen LogP contribution in [-0.4, -0.2) is 34.8 Å². The monoisotopic (exact) mass is 275 g/mol. The second-order valence-electron chi connectivity index (χ2n) is 5.10. The lowest BCUT2D eigenvalue weighted by atomic mass is 9.97. The Balaban J connectivity index is 1.86. The maximum Gasteiger partial charge on any atom is 0.244 e. The highest BCUT2D eigenvalue weighted by molar-refractivity contribution is 5.39. The van der Waals surface area contributed by atoms with Crippen molar-refractivity contribution in [3.8, 4) is 0 Å². The van der Waals surface area contributed by atoms with Crippen molar-refractivity contribution in [2.75, 3.05) is 29.9 Å². The van der Waals surface area contributed by atoms with Gasteiger partial charge in [-0.1, -0.05) is 11.6 Å². The highest BCUT2D eigenvalue weighted by Crippen LogP contribution is 2.19. The van der Waals surface area contributed by atoms with Crippen LogP contribution in [-0.2, 0) is 0 Å². The Morgan fingerprint density at radius 1 is 1.25 bits per heavy atom. The summed E-state index contributed by atoms with van der Waals surface area (Å²) in [5, 5.41) is 11.4. The van der Waals surface area contributed by atoms with Crippen LogP contribution in [0.3, 0.4) is 0 Å². The maximum absolute atomic E-state index is 4.52. The summed E-state index contributed by atoms with van der Waals surface area (Å²) in [6, 6.07) is 0. The standard InChI is InChI=1S/C15H25N5/c1-3-20(4-2)14-12-17-19-15(18-14)16-11-10-13-8-6-5-7-9-13/h8,12H,3-7,9-11H2,1-2H3,(H,16,18,19). The quantitative estimate of drug-likeness (QED) is 0.775. The van der Waals surface area contributed by atoms with Crippen LogP contribution >= 0.6 is 0 Å². The molecule has 0 unspecified atom stereocenters. The highest BCUT2D eigenvalue weighted by Gasteiger charge is 2.07. The van der Waals surface area contributed by atoms with Crippen LogP contribution in [0.2, 0.25) is 0 Å². The van der Waals surface area contributed by atoms with Crippen LogP contribution in [0.25, 0.3) is 0 Å². The topological polar surface area (TPSA) is 53.9 Å². The molecule has 1 aliphatic carbocycles. The van der Waals surface area contributed by atoms with E-state index in [0.29, 0.717) is 5.95 Å². The van der Waals surface area contributed by atoms with E-state index >= 15 is 0 Å². The zero-order valence-electron chi connectivity index (χ0n) is 12.6. The molecule has 1 heterocycles. The summed E-state index contributed by atoms with van der Waals surface area (Å²) in [6.45, 7) is 6.99. The third-order valence-electron chi connectivity index (χ3n) is 3.75. The highest BCUT2D eigenvalue weighted by atomic mass is 15.3. The van der Waals surface area contributed by atoms with Gasteiger partial charge in [0.05, 0.1) is 6.20 Å². The zero-order valence-corrected chi connectivity index (χ0v) is 12.6. The second kappa shape index (κ2) is 7.82. The molecule has 0 spiro atoms. The van der Waals surface area contributed by atoms with Crippen LogP contribution in [0, 0.1) is 0 Å². The molecule has 0 radical (unpaired) electrons. The van der Waals surface area contributed by atoms with E-state index in [1.807, 2.05) is 0 Å². The van der Waals surface area contributed by atoms with Gasteiger partial charge in [0.15, 0.2) is 5.82 Å². The van der Waals surface area contributed by atoms with Crippen molar-refractivity contribution >= 4 is 11.8 Å². The van der Waals surface area contributed by atoms with E-state index in [2.05, 4.69) is 45.3 Å². The minimum Gasteiger partial charge on any atom is -0.356 e.